The molecule has 1 aromatic rings. The summed E-state index contributed by atoms with van der Waals surface area (Å²) in [5.74, 6) is -0.359. The van der Waals surface area contributed by atoms with Crippen molar-refractivity contribution in [1.29, 1.82) is 0 Å². The molecule has 0 fully saturated rings. The summed E-state index contributed by atoms with van der Waals surface area (Å²) in [5.41, 5.74) is 2.21. The largest absolute Gasteiger partial charge is 0.466 e. The molecule has 1 aliphatic rings. The van der Waals surface area contributed by atoms with Crippen LogP contribution in [0.25, 0.3) is 0 Å². The number of esters is 1. The number of methoxy groups -OCH3 is 1. The Labute approximate surface area is 151 Å². The second-order valence-corrected chi connectivity index (χ2v) is 15.3. The lowest BCUT2D eigenvalue weighted by molar-refractivity contribution is -0.136. The molecule has 0 saturated carbocycles. The van der Waals surface area contributed by atoms with Crippen LogP contribution in [0.4, 0.5) is 0 Å². The molecule has 1 unspecified atom stereocenters. The Balaban J connectivity index is 2.39. The van der Waals surface area contributed by atoms with Crippen LogP contribution in [0.2, 0.25) is 25.7 Å². The number of benzene rings is 1. The zero-order valence-corrected chi connectivity index (χ0v) is 17.4. The van der Waals surface area contributed by atoms with Crippen molar-refractivity contribution in [1.82, 2.24) is 4.31 Å². The van der Waals surface area contributed by atoms with Crippen LogP contribution in [0.5, 0.6) is 0 Å². The van der Waals surface area contributed by atoms with E-state index in [1.54, 1.807) is 6.08 Å². The molecular weight excluding hydrogens is 354 g/mol. The summed E-state index contributed by atoms with van der Waals surface area (Å²) in [6, 6.07) is 7.70. The Bertz CT molecular complexity index is 781. The smallest absolute Gasteiger partial charge is 0.335 e. The standard InChI is InChI=1S/C18H27NO4SSi/c1-14-7-6-8-15(13-14)17-16(18(20)23-2)9-10-19(17)24(21,22)11-12-25(3,4)5/h6-9,13,17H,10-12H2,1-5H3. The molecule has 0 amide bonds. The van der Waals surface area contributed by atoms with Crippen LogP contribution in [-0.4, -0.2) is 46.2 Å². The predicted molar refractivity (Wildman–Crippen MR) is 103 cm³/mol. The highest BCUT2D eigenvalue weighted by Crippen LogP contribution is 2.37. The molecule has 1 heterocycles. The zero-order chi connectivity index (χ0) is 18.8. The van der Waals surface area contributed by atoms with Crippen LogP contribution in [-0.2, 0) is 19.6 Å². The molecule has 1 aliphatic heterocycles. The van der Waals surface area contributed by atoms with Gasteiger partial charge in [0.1, 0.15) is 0 Å². The van der Waals surface area contributed by atoms with Gasteiger partial charge in [0.15, 0.2) is 0 Å². The van der Waals surface area contributed by atoms with Crippen molar-refractivity contribution in [3.63, 3.8) is 0 Å². The van der Waals surface area contributed by atoms with E-state index in [-0.39, 0.29) is 12.3 Å². The Hall–Kier alpha value is -1.44. The highest BCUT2D eigenvalue weighted by atomic mass is 32.2. The molecule has 1 atom stereocenters. The second-order valence-electron chi connectivity index (χ2n) is 7.66. The van der Waals surface area contributed by atoms with Crippen molar-refractivity contribution < 1.29 is 17.9 Å². The van der Waals surface area contributed by atoms with E-state index in [4.69, 9.17) is 4.74 Å². The summed E-state index contributed by atoms with van der Waals surface area (Å²) < 4.78 is 32.2. The Morgan fingerprint density at radius 1 is 1.32 bits per heavy atom. The summed E-state index contributed by atoms with van der Waals surface area (Å²) in [5, 5.41) is 0. The first kappa shape index (κ1) is 19.9. The average molecular weight is 382 g/mol. The van der Waals surface area contributed by atoms with Crippen LogP contribution in [0, 0.1) is 6.92 Å². The maximum Gasteiger partial charge on any atom is 0.335 e. The molecule has 0 aromatic heterocycles. The lowest BCUT2D eigenvalue weighted by atomic mass is 9.99. The normalized spacial score (nSPS) is 18.9. The molecule has 0 spiro atoms. The zero-order valence-electron chi connectivity index (χ0n) is 15.6. The maximum atomic E-state index is 13.0. The van der Waals surface area contributed by atoms with Crippen LogP contribution in [0.15, 0.2) is 35.9 Å². The Morgan fingerprint density at radius 2 is 2.00 bits per heavy atom. The van der Waals surface area contributed by atoms with Gasteiger partial charge in [0.25, 0.3) is 0 Å². The minimum Gasteiger partial charge on any atom is -0.466 e. The van der Waals surface area contributed by atoms with E-state index in [1.165, 1.54) is 11.4 Å². The van der Waals surface area contributed by atoms with Crippen LogP contribution in [0.3, 0.4) is 0 Å². The van der Waals surface area contributed by atoms with Gasteiger partial charge in [-0.05, 0) is 18.5 Å². The lowest BCUT2D eigenvalue weighted by Gasteiger charge is -2.27. The van der Waals surface area contributed by atoms with Gasteiger partial charge in [-0.15, -0.1) is 0 Å². The summed E-state index contributed by atoms with van der Waals surface area (Å²) in [4.78, 5) is 12.2. The van der Waals surface area contributed by atoms with E-state index < -0.39 is 30.1 Å². The molecule has 7 heteroatoms. The maximum absolute atomic E-state index is 13.0. The summed E-state index contributed by atoms with van der Waals surface area (Å²) in [6.07, 6.45) is 1.67. The molecule has 2 rings (SSSR count). The highest BCUT2D eigenvalue weighted by Gasteiger charge is 2.40. The molecular formula is C18H27NO4SSi. The van der Waals surface area contributed by atoms with E-state index in [9.17, 15) is 13.2 Å². The fraction of sp³-hybridized carbons (Fsp3) is 0.500. The first-order chi connectivity index (χ1) is 11.5. The molecule has 0 saturated heterocycles. The number of aryl methyl sites for hydroxylation is 1. The third-order valence-corrected chi connectivity index (χ3v) is 8.23. The lowest BCUT2D eigenvalue weighted by Crippen LogP contribution is -2.37. The van der Waals surface area contributed by atoms with Crippen molar-refractivity contribution in [2.75, 3.05) is 19.4 Å². The van der Waals surface area contributed by atoms with Gasteiger partial charge in [-0.3, -0.25) is 0 Å². The van der Waals surface area contributed by atoms with Crippen LogP contribution in [0.1, 0.15) is 17.2 Å². The minimum absolute atomic E-state index is 0.118. The van der Waals surface area contributed by atoms with E-state index in [0.29, 0.717) is 11.6 Å². The SMILES string of the molecule is COC(=O)C1=CCN(S(=O)(=O)CC[Si](C)(C)C)C1c1cccc(C)c1. The number of carbonyl (C=O) groups is 1. The number of hydrogen-bond acceptors (Lipinski definition) is 4. The monoisotopic (exact) mass is 381 g/mol. The van der Waals surface area contributed by atoms with Crippen molar-refractivity contribution in [2.24, 2.45) is 0 Å². The summed E-state index contributed by atoms with van der Waals surface area (Å²) >= 11 is 0. The third-order valence-electron chi connectivity index (χ3n) is 4.32. The van der Waals surface area contributed by atoms with E-state index in [0.717, 1.165) is 11.1 Å². The van der Waals surface area contributed by atoms with Gasteiger partial charge < -0.3 is 4.74 Å². The van der Waals surface area contributed by atoms with Crippen molar-refractivity contribution >= 4 is 24.1 Å². The van der Waals surface area contributed by atoms with Crippen molar-refractivity contribution in [3.8, 4) is 0 Å². The van der Waals surface area contributed by atoms with E-state index in [2.05, 4.69) is 19.6 Å². The first-order valence-electron chi connectivity index (χ1n) is 8.39. The first-order valence-corrected chi connectivity index (χ1v) is 13.7. The number of ether oxygens (including phenoxy) is 1. The number of rotatable bonds is 6. The van der Waals surface area contributed by atoms with Gasteiger partial charge in [-0.25, -0.2) is 13.2 Å². The number of nitrogens with zero attached hydrogens (tertiary/aromatic N) is 1. The van der Waals surface area contributed by atoms with E-state index in [1.807, 2.05) is 31.2 Å². The Morgan fingerprint density at radius 3 is 2.56 bits per heavy atom. The molecule has 25 heavy (non-hydrogen) atoms. The fourth-order valence-electron chi connectivity index (χ4n) is 2.89. The van der Waals surface area contributed by atoms with Crippen LogP contribution >= 0.6 is 0 Å². The van der Waals surface area contributed by atoms with Gasteiger partial charge in [0, 0.05) is 14.6 Å². The van der Waals surface area contributed by atoms with Gasteiger partial charge in [-0.1, -0.05) is 55.5 Å². The summed E-state index contributed by atoms with van der Waals surface area (Å²) in [6.45, 7) is 8.62. The minimum atomic E-state index is -3.47. The number of hydrogen-bond donors (Lipinski definition) is 0. The average Bonchev–Trinajstić information content (AvgIpc) is 2.97. The molecule has 0 radical (unpaired) electrons. The van der Waals surface area contributed by atoms with Crippen LogP contribution < -0.4 is 0 Å². The third kappa shape index (κ3) is 4.80. The fourth-order valence-corrected chi connectivity index (χ4v) is 7.46. The molecule has 138 valence electrons. The van der Waals surface area contributed by atoms with Gasteiger partial charge >= 0.3 is 5.97 Å². The van der Waals surface area contributed by atoms with Gasteiger partial charge in [-0.2, -0.15) is 4.31 Å². The molecule has 1 aromatic carbocycles. The Kier molecular flexibility index (Phi) is 5.91. The second kappa shape index (κ2) is 7.43. The van der Waals surface area contributed by atoms with Gasteiger partial charge in [0.05, 0.1) is 24.5 Å². The molecule has 0 aliphatic carbocycles. The quantitative estimate of drug-likeness (QED) is 0.561. The number of sulfonamides is 1. The highest BCUT2D eigenvalue weighted by molar-refractivity contribution is 7.89. The topological polar surface area (TPSA) is 63.7 Å². The predicted octanol–water partition coefficient (Wildman–Crippen LogP) is 3.12. The van der Waals surface area contributed by atoms with Crippen molar-refractivity contribution in [2.45, 2.75) is 38.7 Å². The molecule has 5 nitrogen and oxygen atoms in total. The van der Waals surface area contributed by atoms with E-state index >= 15 is 0 Å². The van der Waals surface area contributed by atoms with Gasteiger partial charge in [0.2, 0.25) is 10.0 Å². The summed E-state index contributed by atoms with van der Waals surface area (Å²) in [7, 11) is -3.64. The number of carbonyl (C=O) groups excluding carboxylic acids is 1. The molecule has 0 N–H and O–H groups in total. The molecule has 0 bridgehead atoms. The van der Waals surface area contributed by atoms with Crippen molar-refractivity contribution in [3.05, 3.63) is 47.0 Å².